The first kappa shape index (κ1) is 34.4. The van der Waals surface area contributed by atoms with Gasteiger partial charge in [0.05, 0.1) is 11.4 Å². The van der Waals surface area contributed by atoms with Crippen molar-refractivity contribution in [3.05, 3.63) is 205 Å². The summed E-state index contributed by atoms with van der Waals surface area (Å²) in [5.74, 6) is 0.706. The number of aromatic nitrogens is 2. The molecule has 0 saturated heterocycles. The maximum absolute atomic E-state index is 6.20. The number of hydrogen-bond acceptors (Lipinski definition) is 3. The van der Waals surface area contributed by atoms with Gasteiger partial charge in [0.15, 0.2) is 5.82 Å². The lowest BCUT2D eigenvalue weighted by Gasteiger charge is -2.22. The van der Waals surface area contributed by atoms with E-state index in [1.54, 1.807) is 0 Å². The van der Waals surface area contributed by atoms with Crippen molar-refractivity contribution in [2.75, 3.05) is 0 Å². The maximum Gasteiger partial charge on any atom is 0.160 e. The Kier molecular flexibility index (Phi) is 7.58. The quantitative estimate of drug-likeness (QED) is 0.175. The molecule has 3 nitrogen and oxygen atoms in total. The Morgan fingerprint density at radius 3 is 1.80 bits per heavy atom. The summed E-state index contributed by atoms with van der Waals surface area (Å²) in [6.45, 7) is 4.70. The summed E-state index contributed by atoms with van der Waals surface area (Å²) in [6.07, 6.45) is 0. The van der Waals surface area contributed by atoms with Gasteiger partial charge >= 0.3 is 0 Å². The van der Waals surface area contributed by atoms with Gasteiger partial charge in [0.2, 0.25) is 0 Å². The maximum atomic E-state index is 6.20. The SMILES string of the molecule is CC1(C)c2cc3ccccc3cc2-c2c(-c3cc(-c4ccc(-c5ccccc5-c5ccc6oc7ccccc7c6c5)c5ccccc45)nc(-c4ccccc4)n3)cccc21. The molecule has 282 valence electrons. The Labute approximate surface area is 348 Å². The van der Waals surface area contributed by atoms with Crippen molar-refractivity contribution >= 4 is 43.5 Å². The number of benzene rings is 9. The first-order valence-electron chi connectivity index (χ1n) is 20.6. The normalized spacial score (nSPS) is 13.0. The summed E-state index contributed by atoms with van der Waals surface area (Å²) < 4.78 is 6.20. The second kappa shape index (κ2) is 13.2. The highest BCUT2D eigenvalue weighted by Crippen LogP contribution is 2.53. The third kappa shape index (κ3) is 5.29. The molecule has 0 spiro atoms. The third-order valence-corrected chi connectivity index (χ3v) is 12.7. The molecule has 2 heterocycles. The van der Waals surface area contributed by atoms with Gasteiger partial charge in [-0.25, -0.2) is 9.97 Å². The molecule has 2 aromatic heterocycles. The van der Waals surface area contributed by atoms with Gasteiger partial charge in [0.25, 0.3) is 0 Å². The molecule has 0 radical (unpaired) electrons. The van der Waals surface area contributed by atoms with Crippen LogP contribution in [0.15, 0.2) is 199 Å². The molecule has 0 unspecified atom stereocenters. The average Bonchev–Trinajstić information content (AvgIpc) is 3.79. The fraction of sp³-hybridized carbons (Fsp3) is 0.0526. The Hall–Kier alpha value is -7.62. The first-order chi connectivity index (χ1) is 29.5. The molecule has 0 amide bonds. The molecule has 1 aliphatic carbocycles. The molecule has 3 heteroatoms. The molecular weight excluding hydrogens is 729 g/mol. The lowest BCUT2D eigenvalue weighted by atomic mass is 9.81. The molecule has 0 fully saturated rings. The minimum atomic E-state index is -0.163. The zero-order valence-electron chi connectivity index (χ0n) is 33.3. The highest BCUT2D eigenvalue weighted by Gasteiger charge is 2.37. The zero-order valence-corrected chi connectivity index (χ0v) is 33.3. The van der Waals surface area contributed by atoms with Gasteiger partial charge < -0.3 is 4.42 Å². The molecule has 9 aromatic carbocycles. The first-order valence-corrected chi connectivity index (χ1v) is 20.6. The van der Waals surface area contributed by atoms with Crippen LogP contribution in [-0.2, 0) is 5.41 Å². The summed E-state index contributed by atoms with van der Waals surface area (Å²) in [5, 5.41) is 7.06. The van der Waals surface area contributed by atoms with Crippen LogP contribution in [0.3, 0.4) is 0 Å². The van der Waals surface area contributed by atoms with Gasteiger partial charge in [-0.1, -0.05) is 172 Å². The van der Waals surface area contributed by atoms with Gasteiger partial charge in [0, 0.05) is 32.9 Å². The van der Waals surface area contributed by atoms with E-state index in [1.807, 2.05) is 18.2 Å². The highest BCUT2D eigenvalue weighted by molar-refractivity contribution is 6.09. The molecule has 60 heavy (non-hydrogen) atoms. The van der Waals surface area contributed by atoms with Gasteiger partial charge in [-0.3, -0.25) is 0 Å². The van der Waals surface area contributed by atoms with Crippen LogP contribution in [0.1, 0.15) is 25.0 Å². The van der Waals surface area contributed by atoms with Crippen LogP contribution >= 0.6 is 0 Å². The Bertz CT molecular complexity index is 3520. The Balaban J connectivity index is 1.05. The van der Waals surface area contributed by atoms with Crippen molar-refractivity contribution in [3.8, 4) is 67.3 Å². The van der Waals surface area contributed by atoms with Crippen molar-refractivity contribution in [2.24, 2.45) is 0 Å². The van der Waals surface area contributed by atoms with Crippen molar-refractivity contribution < 1.29 is 4.42 Å². The number of para-hydroxylation sites is 1. The van der Waals surface area contributed by atoms with Gasteiger partial charge in [-0.2, -0.15) is 0 Å². The van der Waals surface area contributed by atoms with E-state index in [9.17, 15) is 0 Å². The summed E-state index contributed by atoms with van der Waals surface area (Å²) >= 11 is 0. The smallest absolute Gasteiger partial charge is 0.160 e. The molecule has 12 rings (SSSR count). The van der Waals surface area contributed by atoms with E-state index in [1.165, 1.54) is 55.1 Å². The lowest BCUT2D eigenvalue weighted by molar-refractivity contribution is 0.661. The van der Waals surface area contributed by atoms with Crippen molar-refractivity contribution in [1.29, 1.82) is 0 Å². The summed E-state index contributed by atoms with van der Waals surface area (Å²) in [7, 11) is 0. The van der Waals surface area contributed by atoms with E-state index < -0.39 is 0 Å². The van der Waals surface area contributed by atoms with E-state index in [4.69, 9.17) is 14.4 Å². The topological polar surface area (TPSA) is 38.9 Å². The van der Waals surface area contributed by atoms with E-state index in [2.05, 4.69) is 190 Å². The Morgan fingerprint density at radius 2 is 0.983 bits per heavy atom. The van der Waals surface area contributed by atoms with Crippen LogP contribution in [-0.4, -0.2) is 9.97 Å². The summed E-state index contributed by atoms with van der Waals surface area (Å²) in [4.78, 5) is 10.7. The summed E-state index contributed by atoms with van der Waals surface area (Å²) in [6, 6.07) is 69.6. The van der Waals surface area contributed by atoms with E-state index in [0.717, 1.165) is 61.0 Å². The van der Waals surface area contributed by atoms with Crippen LogP contribution in [0.4, 0.5) is 0 Å². The van der Waals surface area contributed by atoms with E-state index in [-0.39, 0.29) is 5.41 Å². The summed E-state index contributed by atoms with van der Waals surface area (Å²) in [5.41, 5.74) is 16.5. The molecule has 0 bridgehead atoms. The predicted molar refractivity (Wildman–Crippen MR) is 249 cm³/mol. The van der Waals surface area contributed by atoms with Crippen LogP contribution in [0.2, 0.25) is 0 Å². The molecule has 0 aliphatic heterocycles. The number of furan rings is 1. The minimum absolute atomic E-state index is 0.163. The van der Waals surface area contributed by atoms with Gasteiger partial charge in [0.1, 0.15) is 11.2 Å². The fourth-order valence-electron chi connectivity index (χ4n) is 9.75. The van der Waals surface area contributed by atoms with E-state index in [0.29, 0.717) is 5.82 Å². The molecule has 11 aromatic rings. The minimum Gasteiger partial charge on any atom is -0.456 e. The third-order valence-electron chi connectivity index (χ3n) is 12.7. The molecule has 0 saturated carbocycles. The predicted octanol–water partition coefficient (Wildman–Crippen LogP) is 15.3. The molecule has 0 atom stereocenters. The molecule has 1 aliphatic rings. The number of nitrogens with zero attached hydrogens (tertiary/aromatic N) is 2. The van der Waals surface area contributed by atoms with Gasteiger partial charge in [-0.05, 0) is 102 Å². The second-order valence-corrected chi connectivity index (χ2v) is 16.5. The van der Waals surface area contributed by atoms with Crippen LogP contribution < -0.4 is 0 Å². The lowest BCUT2D eigenvalue weighted by Crippen LogP contribution is -2.14. The Morgan fingerprint density at radius 1 is 0.367 bits per heavy atom. The number of rotatable bonds is 5. The van der Waals surface area contributed by atoms with E-state index >= 15 is 0 Å². The van der Waals surface area contributed by atoms with Gasteiger partial charge in [-0.15, -0.1) is 0 Å². The monoisotopic (exact) mass is 766 g/mol. The number of fused-ring (bicyclic) bond motifs is 8. The largest absolute Gasteiger partial charge is 0.456 e. The zero-order chi connectivity index (χ0) is 40.0. The van der Waals surface area contributed by atoms with Crippen LogP contribution in [0.5, 0.6) is 0 Å². The average molecular weight is 767 g/mol. The second-order valence-electron chi connectivity index (χ2n) is 16.5. The number of hydrogen-bond donors (Lipinski definition) is 0. The standard InChI is InChI=1S/C57H38N2O/c1-57(2)49-25-14-24-46(55(49)48-31-36-17-6-7-18-37(36)33-50(48)57)52-34-51(58-56(59-52)35-15-4-3-5-16-35)44-29-28-43(41-21-10-11-22-42(41)44)40-20-9-8-19-39(40)38-27-30-54-47(32-38)45-23-12-13-26-53(45)60-54/h3-34H,1-2H3. The van der Waals surface area contributed by atoms with Crippen molar-refractivity contribution in [3.63, 3.8) is 0 Å². The fourth-order valence-corrected chi connectivity index (χ4v) is 9.75. The van der Waals surface area contributed by atoms with Crippen LogP contribution in [0, 0.1) is 0 Å². The van der Waals surface area contributed by atoms with Crippen LogP contribution in [0.25, 0.3) is 111 Å². The van der Waals surface area contributed by atoms with Crippen molar-refractivity contribution in [1.82, 2.24) is 9.97 Å². The molecular formula is C57H38N2O. The van der Waals surface area contributed by atoms with Crippen molar-refractivity contribution in [2.45, 2.75) is 19.3 Å². The highest BCUT2D eigenvalue weighted by atomic mass is 16.3. The molecule has 0 N–H and O–H groups in total.